The molecule has 2 aromatic rings. The smallest absolute Gasteiger partial charge is 0.341 e. The number of carboxylic acids is 1. The summed E-state index contributed by atoms with van der Waals surface area (Å²) in [5, 5.41) is 17.7. The molecular weight excluding hydrogens is 361 g/mol. The Labute approximate surface area is 149 Å². The fourth-order valence-electron chi connectivity index (χ4n) is 1.93. The highest BCUT2D eigenvalue weighted by atomic mass is 32.2. The number of rotatable bonds is 4. The molecular formula is C18H12FNO5S. The normalized spacial score (nSPS) is 10.3. The number of aliphatic carboxylic acids is 1. The molecule has 0 aliphatic carbocycles. The monoisotopic (exact) mass is 373 g/mol. The van der Waals surface area contributed by atoms with Crippen LogP contribution < -0.4 is 4.74 Å². The zero-order chi connectivity index (χ0) is 19.3. The Morgan fingerprint density at radius 1 is 1.19 bits per heavy atom. The van der Waals surface area contributed by atoms with Crippen molar-refractivity contribution < 1.29 is 27.4 Å². The van der Waals surface area contributed by atoms with Crippen LogP contribution in [0.15, 0.2) is 41.3 Å². The van der Waals surface area contributed by atoms with Gasteiger partial charge >= 0.3 is 5.97 Å². The molecule has 0 aliphatic rings. The first kappa shape index (κ1) is 19.0. The van der Waals surface area contributed by atoms with Gasteiger partial charge in [0.15, 0.2) is 16.4 Å². The van der Waals surface area contributed by atoms with Crippen molar-refractivity contribution in [3.8, 4) is 23.7 Å². The number of carbonyl (C=O) groups is 1. The van der Waals surface area contributed by atoms with Crippen molar-refractivity contribution in [1.82, 2.24) is 0 Å². The summed E-state index contributed by atoms with van der Waals surface area (Å²) in [7, 11) is -3.53. The summed E-state index contributed by atoms with van der Waals surface area (Å²) in [5.41, 5.74) is 0.274. The van der Waals surface area contributed by atoms with Crippen molar-refractivity contribution in [3.05, 3.63) is 58.9 Å². The SMILES string of the molecule is CS(=O)(=O)c1ccc(F)c(C#Cc2cc(C#N)ccc2OCC(=O)O)c1. The van der Waals surface area contributed by atoms with Crippen molar-refractivity contribution in [3.63, 3.8) is 0 Å². The maximum absolute atomic E-state index is 13.9. The van der Waals surface area contributed by atoms with E-state index in [1.165, 1.54) is 18.2 Å². The average Bonchev–Trinajstić information content (AvgIpc) is 2.58. The van der Waals surface area contributed by atoms with Crippen LogP contribution in [0.4, 0.5) is 4.39 Å². The van der Waals surface area contributed by atoms with Crippen LogP contribution in [0.3, 0.4) is 0 Å². The van der Waals surface area contributed by atoms with E-state index in [1.54, 1.807) is 0 Å². The van der Waals surface area contributed by atoms with Gasteiger partial charge < -0.3 is 9.84 Å². The first-order valence-electron chi connectivity index (χ1n) is 7.11. The Bertz CT molecular complexity index is 1070. The van der Waals surface area contributed by atoms with Gasteiger partial charge in [0.2, 0.25) is 0 Å². The van der Waals surface area contributed by atoms with Gasteiger partial charge in [-0.3, -0.25) is 0 Å². The lowest BCUT2D eigenvalue weighted by Crippen LogP contribution is -2.10. The van der Waals surface area contributed by atoms with E-state index in [0.29, 0.717) is 0 Å². The van der Waals surface area contributed by atoms with Crippen LogP contribution in [0.2, 0.25) is 0 Å². The highest BCUT2D eigenvalue weighted by Crippen LogP contribution is 2.20. The summed E-state index contributed by atoms with van der Waals surface area (Å²) in [6.45, 7) is -0.613. The van der Waals surface area contributed by atoms with Crippen LogP contribution in [0.1, 0.15) is 16.7 Å². The number of hydrogen-bond acceptors (Lipinski definition) is 5. The standard InChI is InChI=1S/C18H12FNO5S/c1-26(23,24)15-5-6-16(19)13(9-15)3-4-14-8-12(10-20)2-7-17(14)25-11-18(21)22/h2,5-9H,11H2,1H3,(H,21,22). The Kier molecular flexibility index (Phi) is 5.61. The molecule has 2 aromatic carbocycles. The molecule has 2 rings (SSSR count). The lowest BCUT2D eigenvalue weighted by Gasteiger charge is -2.06. The van der Waals surface area contributed by atoms with Crippen molar-refractivity contribution in [2.24, 2.45) is 0 Å². The number of carboxylic acid groups (broad SMARTS) is 1. The second-order valence-electron chi connectivity index (χ2n) is 5.17. The van der Waals surface area contributed by atoms with Crippen LogP contribution >= 0.6 is 0 Å². The summed E-state index contributed by atoms with van der Waals surface area (Å²) in [6.07, 6.45) is 0.992. The number of sulfone groups is 1. The van der Waals surface area contributed by atoms with E-state index in [4.69, 9.17) is 15.1 Å². The van der Waals surface area contributed by atoms with E-state index in [2.05, 4.69) is 11.8 Å². The number of ether oxygens (including phenoxy) is 1. The van der Waals surface area contributed by atoms with Gasteiger partial charge in [0.25, 0.3) is 0 Å². The number of nitriles is 1. The quantitative estimate of drug-likeness (QED) is 0.649. The van der Waals surface area contributed by atoms with Gasteiger partial charge in [0, 0.05) is 6.26 Å². The highest BCUT2D eigenvalue weighted by Gasteiger charge is 2.10. The highest BCUT2D eigenvalue weighted by molar-refractivity contribution is 7.90. The Hall–Kier alpha value is -3.36. The first-order chi connectivity index (χ1) is 12.2. The molecule has 0 unspecified atom stereocenters. The molecule has 8 heteroatoms. The summed E-state index contributed by atoms with van der Waals surface area (Å²) in [4.78, 5) is 10.6. The van der Waals surface area contributed by atoms with Gasteiger partial charge in [-0.2, -0.15) is 5.26 Å². The average molecular weight is 373 g/mol. The van der Waals surface area contributed by atoms with Gasteiger partial charge in [-0.05, 0) is 36.4 Å². The molecule has 0 spiro atoms. The lowest BCUT2D eigenvalue weighted by molar-refractivity contribution is -0.139. The third-order valence-electron chi connectivity index (χ3n) is 3.16. The Morgan fingerprint density at radius 3 is 2.50 bits per heavy atom. The van der Waals surface area contributed by atoms with Crippen molar-refractivity contribution in [2.75, 3.05) is 12.9 Å². The molecule has 0 bridgehead atoms. The molecule has 0 amide bonds. The molecule has 0 radical (unpaired) electrons. The Balaban J connectivity index is 2.49. The zero-order valence-electron chi connectivity index (χ0n) is 13.5. The maximum Gasteiger partial charge on any atom is 0.341 e. The predicted molar refractivity (Wildman–Crippen MR) is 89.8 cm³/mol. The molecule has 0 saturated carbocycles. The minimum Gasteiger partial charge on any atom is -0.481 e. The second-order valence-corrected chi connectivity index (χ2v) is 7.18. The van der Waals surface area contributed by atoms with E-state index in [0.717, 1.165) is 24.5 Å². The van der Waals surface area contributed by atoms with E-state index in [9.17, 15) is 17.6 Å². The molecule has 26 heavy (non-hydrogen) atoms. The molecule has 132 valence electrons. The minimum atomic E-state index is -3.53. The number of halogens is 1. The molecule has 6 nitrogen and oxygen atoms in total. The lowest BCUT2D eigenvalue weighted by atomic mass is 10.1. The molecule has 0 heterocycles. The summed E-state index contributed by atoms with van der Waals surface area (Å²) >= 11 is 0. The zero-order valence-corrected chi connectivity index (χ0v) is 14.3. The van der Waals surface area contributed by atoms with Crippen LogP contribution in [-0.2, 0) is 14.6 Å². The second kappa shape index (κ2) is 7.68. The molecule has 0 aromatic heterocycles. The van der Waals surface area contributed by atoms with Gasteiger partial charge in [-0.15, -0.1) is 0 Å². The number of hydrogen-bond donors (Lipinski definition) is 1. The van der Waals surface area contributed by atoms with Gasteiger partial charge in [0.05, 0.1) is 27.7 Å². The third kappa shape index (κ3) is 4.82. The fraction of sp³-hybridized carbons (Fsp3) is 0.111. The van der Waals surface area contributed by atoms with E-state index in [-0.39, 0.29) is 27.3 Å². The van der Waals surface area contributed by atoms with Crippen molar-refractivity contribution >= 4 is 15.8 Å². The van der Waals surface area contributed by atoms with Crippen molar-refractivity contribution in [1.29, 1.82) is 5.26 Å². The number of nitrogens with zero attached hydrogens (tertiary/aromatic N) is 1. The van der Waals surface area contributed by atoms with Crippen LogP contribution in [0.5, 0.6) is 5.75 Å². The molecule has 0 saturated heterocycles. The third-order valence-corrected chi connectivity index (χ3v) is 4.27. The summed E-state index contributed by atoms with van der Waals surface area (Å²) in [5.74, 6) is 3.29. The Morgan fingerprint density at radius 2 is 1.88 bits per heavy atom. The van der Waals surface area contributed by atoms with Crippen molar-refractivity contribution in [2.45, 2.75) is 4.90 Å². The summed E-state index contributed by atoms with van der Waals surface area (Å²) < 4.78 is 42.1. The molecule has 1 N–H and O–H groups in total. The molecule has 0 aliphatic heterocycles. The fourth-order valence-corrected chi connectivity index (χ4v) is 2.58. The predicted octanol–water partition coefficient (Wildman–Crippen LogP) is 1.96. The molecule has 0 fully saturated rings. The first-order valence-corrected chi connectivity index (χ1v) is 9.00. The van der Waals surface area contributed by atoms with E-state index < -0.39 is 28.2 Å². The van der Waals surface area contributed by atoms with Crippen LogP contribution in [0.25, 0.3) is 0 Å². The minimum absolute atomic E-state index is 0.0867. The van der Waals surface area contributed by atoms with Crippen LogP contribution in [-0.4, -0.2) is 32.4 Å². The van der Waals surface area contributed by atoms with Gasteiger partial charge in [-0.1, -0.05) is 11.8 Å². The van der Waals surface area contributed by atoms with E-state index >= 15 is 0 Å². The van der Waals surface area contributed by atoms with Gasteiger partial charge in [-0.25, -0.2) is 17.6 Å². The number of benzene rings is 2. The van der Waals surface area contributed by atoms with Gasteiger partial charge in [0.1, 0.15) is 11.6 Å². The summed E-state index contributed by atoms with van der Waals surface area (Å²) in [6, 6.07) is 9.30. The maximum atomic E-state index is 13.9. The van der Waals surface area contributed by atoms with E-state index in [1.807, 2.05) is 6.07 Å². The largest absolute Gasteiger partial charge is 0.481 e. The van der Waals surface area contributed by atoms with Crippen LogP contribution in [0, 0.1) is 29.0 Å². The molecule has 0 atom stereocenters. The topological polar surface area (TPSA) is 104 Å².